The van der Waals surface area contributed by atoms with E-state index < -0.39 is 11.9 Å². The van der Waals surface area contributed by atoms with Crippen molar-refractivity contribution in [1.82, 2.24) is 20.0 Å². The maximum absolute atomic E-state index is 14.2. The zero-order valence-corrected chi connectivity index (χ0v) is 25.1. The third-order valence-corrected chi connectivity index (χ3v) is 9.05. The number of carbonyl (C=O) groups is 2. The Morgan fingerprint density at radius 2 is 1.70 bits per heavy atom. The largest absolute Gasteiger partial charge is 0.368 e. The van der Waals surface area contributed by atoms with Crippen LogP contribution in [-0.4, -0.2) is 44.4 Å². The number of H-pyrrole nitrogens is 2. The second-order valence-electron chi connectivity index (χ2n) is 12.3. The average Bonchev–Trinajstić information content (AvgIpc) is 3.64. The van der Waals surface area contributed by atoms with E-state index in [1.165, 1.54) is 0 Å². The monoisotopic (exact) mass is 593 g/mol. The van der Waals surface area contributed by atoms with E-state index in [0.29, 0.717) is 23.5 Å². The number of carbonyl (C=O) groups excluding carboxylic acids is 2. The van der Waals surface area contributed by atoms with Crippen LogP contribution in [0.15, 0.2) is 71.7 Å². The number of nitrogens with two attached hydrogens (primary N) is 2. The molecule has 0 bridgehead atoms. The van der Waals surface area contributed by atoms with Crippen molar-refractivity contribution < 1.29 is 9.59 Å². The van der Waals surface area contributed by atoms with Crippen molar-refractivity contribution in [1.29, 1.82) is 0 Å². The normalized spacial score (nSPS) is 17.7. The first-order valence-corrected chi connectivity index (χ1v) is 15.3. The van der Waals surface area contributed by atoms with Gasteiger partial charge in [-0.3, -0.25) is 29.5 Å². The first-order chi connectivity index (χ1) is 21.2. The highest BCUT2D eigenvalue weighted by Crippen LogP contribution is 2.33. The van der Waals surface area contributed by atoms with Gasteiger partial charge in [-0.2, -0.15) is 5.10 Å². The molecule has 2 aromatic heterocycles. The number of amides is 2. The molecule has 3 aromatic carbocycles. The van der Waals surface area contributed by atoms with E-state index in [9.17, 15) is 14.4 Å². The molecule has 0 unspecified atom stereocenters. The van der Waals surface area contributed by atoms with Crippen LogP contribution in [-0.2, 0) is 16.0 Å². The molecule has 0 aliphatic heterocycles. The van der Waals surface area contributed by atoms with Crippen LogP contribution in [0.5, 0.6) is 0 Å². The second-order valence-corrected chi connectivity index (χ2v) is 12.3. The van der Waals surface area contributed by atoms with Crippen LogP contribution in [0.2, 0.25) is 0 Å². The van der Waals surface area contributed by atoms with Crippen LogP contribution in [0.3, 0.4) is 0 Å². The number of benzene rings is 3. The Hall–Kier alpha value is -4.70. The molecule has 1 fully saturated rings. The van der Waals surface area contributed by atoms with Gasteiger partial charge in [-0.1, -0.05) is 30.3 Å². The van der Waals surface area contributed by atoms with Crippen LogP contribution in [0, 0.1) is 11.8 Å². The van der Waals surface area contributed by atoms with Gasteiger partial charge in [-0.25, -0.2) is 4.68 Å². The standard InChI is InChI=1S/C34H39N7O3/c1-20(2)41-34(44)28-14-12-25(16-30(28)39-41)23-7-3-21(4-8-23)15-31(32(36)42)40(27-13-11-26-19-37-38-29(26)17-27)33(43)24-9-5-22(18-35)6-10-24/h3-4,7-8,11-14,16-17,19-20,22,24,31,39H,5-6,9-10,15,18,35H2,1-2H3,(H2,36,42)(H,37,38)/t22?,24?,31-/m0/s1. The lowest BCUT2D eigenvalue weighted by Gasteiger charge is -2.35. The first-order valence-electron chi connectivity index (χ1n) is 15.3. The van der Waals surface area contributed by atoms with Gasteiger partial charge in [-0.05, 0) is 99.0 Å². The topological polar surface area (TPSA) is 156 Å². The lowest BCUT2D eigenvalue weighted by molar-refractivity contribution is -0.127. The number of anilines is 1. The van der Waals surface area contributed by atoms with E-state index >= 15 is 0 Å². The van der Waals surface area contributed by atoms with Crippen molar-refractivity contribution in [3.63, 3.8) is 0 Å². The van der Waals surface area contributed by atoms with E-state index in [1.807, 2.05) is 74.5 Å². The molecule has 2 heterocycles. The Bertz CT molecular complexity index is 1860. The molecule has 228 valence electrons. The fraction of sp³-hybridized carbons (Fsp3) is 0.353. The number of primary amides is 1. The van der Waals surface area contributed by atoms with Crippen molar-refractivity contribution in [2.75, 3.05) is 11.4 Å². The van der Waals surface area contributed by atoms with Gasteiger partial charge in [0.1, 0.15) is 6.04 Å². The predicted octanol–water partition coefficient (Wildman–Crippen LogP) is 4.65. The van der Waals surface area contributed by atoms with Crippen molar-refractivity contribution in [3.05, 3.63) is 82.8 Å². The van der Waals surface area contributed by atoms with E-state index in [-0.39, 0.29) is 29.8 Å². The van der Waals surface area contributed by atoms with Gasteiger partial charge < -0.3 is 11.5 Å². The van der Waals surface area contributed by atoms with Crippen molar-refractivity contribution in [3.8, 4) is 11.1 Å². The minimum Gasteiger partial charge on any atom is -0.368 e. The Morgan fingerprint density at radius 1 is 0.977 bits per heavy atom. The van der Waals surface area contributed by atoms with Crippen molar-refractivity contribution in [2.45, 2.75) is 58.0 Å². The van der Waals surface area contributed by atoms with Gasteiger partial charge in [-0.15, -0.1) is 0 Å². The summed E-state index contributed by atoms with van der Waals surface area (Å²) in [6, 6.07) is 18.4. The summed E-state index contributed by atoms with van der Waals surface area (Å²) < 4.78 is 1.63. The highest BCUT2D eigenvalue weighted by Gasteiger charge is 2.36. The molecule has 0 radical (unpaired) electrons. The number of nitrogens with one attached hydrogen (secondary N) is 2. The van der Waals surface area contributed by atoms with E-state index in [2.05, 4.69) is 15.3 Å². The third-order valence-electron chi connectivity index (χ3n) is 9.05. The molecule has 6 rings (SSSR count). The molecule has 1 aliphatic carbocycles. The van der Waals surface area contributed by atoms with Crippen LogP contribution < -0.4 is 21.9 Å². The minimum atomic E-state index is -0.877. The summed E-state index contributed by atoms with van der Waals surface area (Å²) in [6.07, 6.45) is 5.25. The number of aromatic amines is 2. The SMILES string of the molecule is CC(C)n1[nH]c2cc(-c3ccc(C[C@@H](C(N)=O)N(C(=O)C4CCC(CN)CC4)c4ccc5cn[nH]c5c4)cc3)ccc2c1=O. The zero-order chi connectivity index (χ0) is 31.0. The van der Waals surface area contributed by atoms with Gasteiger partial charge >= 0.3 is 0 Å². The Kier molecular flexibility index (Phi) is 8.09. The molecule has 6 N–H and O–H groups in total. The third kappa shape index (κ3) is 5.65. The summed E-state index contributed by atoms with van der Waals surface area (Å²) >= 11 is 0. The van der Waals surface area contributed by atoms with Crippen LogP contribution in [0.25, 0.3) is 32.9 Å². The van der Waals surface area contributed by atoms with Gasteiger partial charge in [0.2, 0.25) is 11.8 Å². The summed E-state index contributed by atoms with van der Waals surface area (Å²) in [5.74, 6) is -0.427. The van der Waals surface area contributed by atoms with Gasteiger partial charge in [0.05, 0.1) is 22.6 Å². The maximum atomic E-state index is 14.2. The zero-order valence-electron chi connectivity index (χ0n) is 25.1. The first kappa shape index (κ1) is 29.4. The minimum absolute atomic E-state index is 0.0321. The number of hydrogen-bond acceptors (Lipinski definition) is 5. The summed E-state index contributed by atoms with van der Waals surface area (Å²) in [5, 5.41) is 11.9. The summed E-state index contributed by atoms with van der Waals surface area (Å²) in [4.78, 5) is 41.5. The maximum Gasteiger partial charge on any atom is 0.274 e. The molecular weight excluding hydrogens is 554 g/mol. The summed E-state index contributed by atoms with van der Waals surface area (Å²) in [7, 11) is 0. The van der Waals surface area contributed by atoms with Gasteiger partial charge in [0, 0.05) is 29.5 Å². The summed E-state index contributed by atoms with van der Waals surface area (Å²) in [6.45, 7) is 4.55. The van der Waals surface area contributed by atoms with E-state index in [0.717, 1.165) is 58.8 Å². The van der Waals surface area contributed by atoms with Gasteiger partial charge in [0.25, 0.3) is 5.56 Å². The molecule has 0 saturated heterocycles. The fourth-order valence-electron chi connectivity index (χ4n) is 6.43. The number of aromatic nitrogens is 4. The van der Waals surface area contributed by atoms with E-state index in [1.54, 1.807) is 15.8 Å². The summed E-state index contributed by atoms with van der Waals surface area (Å²) in [5.41, 5.74) is 16.9. The van der Waals surface area contributed by atoms with E-state index in [4.69, 9.17) is 11.5 Å². The van der Waals surface area contributed by atoms with Crippen LogP contribution >= 0.6 is 0 Å². The second kappa shape index (κ2) is 12.1. The molecule has 1 atom stereocenters. The highest BCUT2D eigenvalue weighted by molar-refractivity contribution is 6.03. The number of rotatable bonds is 9. The molecule has 0 spiro atoms. The highest BCUT2D eigenvalue weighted by atomic mass is 16.2. The number of fused-ring (bicyclic) bond motifs is 2. The lowest BCUT2D eigenvalue weighted by atomic mass is 9.81. The van der Waals surface area contributed by atoms with Crippen LogP contribution in [0.1, 0.15) is 51.1 Å². The Balaban J connectivity index is 1.29. The molecule has 10 heteroatoms. The Labute approximate surface area is 255 Å². The van der Waals surface area contributed by atoms with Crippen molar-refractivity contribution in [2.24, 2.45) is 23.3 Å². The number of hydrogen-bond donors (Lipinski definition) is 4. The predicted molar refractivity (Wildman–Crippen MR) is 173 cm³/mol. The molecule has 10 nitrogen and oxygen atoms in total. The number of nitrogens with zero attached hydrogens (tertiary/aromatic N) is 3. The quantitative estimate of drug-likeness (QED) is 0.196. The molecule has 5 aromatic rings. The molecule has 1 saturated carbocycles. The molecular formula is C34H39N7O3. The smallest absolute Gasteiger partial charge is 0.274 e. The lowest BCUT2D eigenvalue weighted by Crippen LogP contribution is -2.52. The Morgan fingerprint density at radius 3 is 2.39 bits per heavy atom. The van der Waals surface area contributed by atoms with Crippen molar-refractivity contribution >= 4 is 39.3 Å². The average molecular weight is 594 g/mol. The fourth-order valence-corrected chi connectivity index (χ4v) is 6.43. The molecule has 1 aliphatic rings. The van der Waals surface area contributed by atoms with Gasteiger partial charge in [0.15, 0.2) is 0 Å². The molecule has 44 heavy (non-hydrogen) atoms. The van der Waals surface area contributed by atoms with Crippen LogP contribution in [0.4, 0.5) is 5.69 Å². The molecule has 2 amide bonds.